The van der Waals surface area contributed by atoms with Crippen LogP contribution in [-0.4, -0.2) is 23.4 Å². The van der Waals surface area contributed by atoms with Crippen LogP contribution in [-0.2, 0) is 6.54 Å². The highest BCUT2D eigenvalue weighted by molar-refractivity contribution is 5.99. The second kappa shape index (κ2) is 7.22. The lowest BCUT2D eigenvalue weighted by atomic mass is 10.1. The van der Waals surface area contributed by atoms with Crippen molar-refractivity contribution >= 4 is 17.4 Å². The number of carbonyl (C=O) groups excluding carboxylic acids is 2. The third-order valence-electron chi connectivity index (χ3n) is 5.44. The van der Waals surface area contributed by atoms with Crippen molar-refractivity contribution in [2.75, 3.05) is 12.1 Å². The molecule has 0 radical (unpaired) electrons. The van der Waals surface area contributed by atoms with Crippen molar-refractivity contribution in [1.29, 1.82) is 0 Å². The number of benzene rings is 3. The number of rotatable bonds is 5. The van der Waals surface area contributed by atoms with Gasteiger partial charge in [0.1, 0.15) is 6.17 Å². The van der Waals surface area contributed by atoms with Gasteiger partial charge in [-0.2, -0.15) is 0 Å². The number of carbonyl (C=O) groups is 2. The topological polar surface area (TPSA) is 67.9 Å². The average Bonchev–Trinajstić information content (AvgIpc) is 3.33. The molecule has 3 aromatic carbocycles. The van der Waals surface area contributed by atoms with Crippen LogP contribution in [0.2, 0.25) is 0 Å². The Morgan fingerprint density at radius 3 is 2.60 bits per heavy atom. The smallest absolute Gasteiger partial charge is 0.256 e. The number of anilines is 1. The minimum absolute atomic E-state index is 0.0207. The SMILES string of the molecule is CC(=O)c1ccc(NC2c3ccccc3C(=O)N2Cc2ccc3c(c2)OCO3)cc1. The van der Waals surface area contributed by atoms with Crippen molar-refractivity contribution in [3.63, 3.8) is 0 Å². The largest absolute Gasteiger partial charge is 0.454 e. The first-order valence-corrected chi connectivity index (χ1v) is 9.76. The highest BCUT2D eigenvalue weighted by Crippen LogP contribution is 2.37. The van der Waals surface area contributed by atoms with Gasteiger partial charge >= 0.3 is 0 Å². The number of hydrogen-bond acceptors (Lipinski definition) is 5. The van der Waals surface area contributed by atoms with Crippen LogP contribution >= 0.6 is 0 Å². The molecule has 1 amide bonds. The van der Waals surface area contributed by atoms with Crippen molar-refractivity contribution in [3.8, 4) is 11.5 Å². The van der Waals surface area contributed by atoms with Gasteiger partial charge in [0.25, 0.3) is 5.91 Å². The predicted octanol–water partition coefficient (Wildman–Crippen LogP) is 4.38. The molecule has 1 atom stereocenters. The third kappa shape index (κ3) is 3.16. The van der Waals surface area contributed by atoms with Gasteiger partial charge in [-0.3, -0.25) is 9.59 Å². The zero-order valence-corrected chi connectivity index (χ0v) is 16.4. The minimum atomic E-state index is -0.317. The van der Waals surface area contributed by atoms with Crippen LogP contribution in [0.15, 0.2) is 66.7 Å². The molecule has 150 valence electrons. The second-order valence-corrected chi connectivity index (χ2v) is 7.39. The lowest BCUT2D eigenvalue weighted by Crippen LogP contribution is -2.31. The van der Waals surface area contributed by atoms with E-state index in [4.69, 9.17) is 9.47 Å². The number of amides is 1. The second-order valence-electron chi connectivity index (χ2n) is 7.39. The van der Waals surface area contributed by atoms with Gasteiger partial charge < -0.3 is 19.7 Å². The van der Waals surface area contributed by atoms with Crippen molar-refractivity contribution in [2.45, 2.75) is 19.6 Å². The first-order valence-electron chi connectivity index (χ1n) is 9.76. The molecule has 6 heteroatoms. The molecule has 30 heavy (non-hydrogen) atoms. The first kappa shape index (κ1) is 18.2. The fourth-order valence-corrected chi connectivity index (χ4v) is 3.88. The van der Waals surface area contributed by atoms with E-state index in [2.05, 4.69) is 5.32 Å². The summed E-state index contributed by atoms with van der Waals surface area (Å²) in [7, 11) is 0. The van der Waals surface area contributed by atoms with E-state index >= 15 is 0 Å². The molecule has 0 saturated carbocycles. The highest BCUT2D eigenvalue weighted by Gasteiger charge is 2.36. The van der Waals surface area contributed by atoms with Crippen LogP contribution < -0.4 is 14.8 Å². The van der Waals surface area contributed by atoms with E-state index in [0.717, 1.165) is 22.6 Å². The quantitative estimate of drug-likeness (QED) is 0.644. The number of nitrogens with one attached hydrogen (secondary N) is 1. The lowest BCUT2D eigenvalue weighted by molar-refractivity contribution is 0.0728. The van der Waals surface area contributed by atoms with Gasteiger partial charge in [-0.15, -0.1) is 0 Å². The monoisotopic (exact) mass is 400 g/mol. The molecule has 0 aromatic heterocycles. The maximum Gasteiger partial charge on any atom is 0.256 e. The van der Waals surface area contributed by atoms with Crippen LogP contribution in [0.25, 0.3) is 0 Å². The summed E-state index contributed by atoms with van der Waals surface area (Å²) in [4.78, 5) is 26.5. The van der Waals surface area contributed by atoms with Crippen molar-refractivity contribution < 1.29 is 19.1 Å². The zero-order valence-electron chi connectivity index (χ0n) is 16.4. The van der Waals surface area contributed by atoms with Crippen LogP contribution in [0.4, 0.5) is 5.69 Å². The Bertz CT molecular complexity index is 1140. The molecule has 0 bridgehead atoms. The summed E-state index contributed by atoms with van der Waals surface area (Å²) >= 11 is 0. The number of fused-ring (bicyclic) bond motifs is 2. The fourth-order valence-electron chi connectivity index (χ4n) is 3.88. The Morgan fingerprint density at radius 2 is 1.80 bits per heavy atom. The summed E-state index contributed by atoms with van der Waals surface area (Å²) in [6, 6.07) is 20.7. The maximum atomic E-state index is 13.2. The van der Waals surface area contributed by atoms with Gasteiger partial charge in [-0.05, 0) is 55.0 Å². The molecule has 0 saturated heterocycles. The van der Waals surface area contributed by atoms with E-state index in [1.807, 2.05) is 54.6 Å². The minimum Gasteiger partial charge on any atom is -0.454 e. The average molecular weight is 400 g/mol. The predicted molar refractivity (Wildman–Crippen MR) is 112 cm³/mol. The summed E-state index contributed by atoms with van der Waals surface area (Å²) < 4.78 is 10.9. The molecule has 6 nitrogen and oxygen atoms in total. The summed E-state index contributed by atoms with van der Waals surface area (Å²) in [5.41, 5.74) is 4.07. The summed E-state index contributed by atoms with van der Waals surface area (Å²) in [6.07, 6.45) is -0.317. The van der Waals surface area contributed by atoms with Crippen LogP contribution in [0, 0.1) is 0 Å². The molecule has 2 heterocycles. The summed E-state index contributed by atoms with van der Waals surface area (Å²) in [6.45, 7) is 2.18. The van der Waals surface area contributed by atoms with E-state index < -0.39 is 0 Å². The zero-order chi connectivity index (χ0) is 20.7. The maximum absolute atomic E-state index is 13.2. The Kier molecular flexibility index (Phi) is 4.39. The van der Waals surface area contributed by atoms with Crippen LogP contribution in [0.3, 0.4) is 0 Å². The fraction of sp³-hybridized carbons (Fsp3) is 0.167. The van der Waals surface area contributed by atoms with E-state index in [0.29, 0.717) is 23.4 Å². The van der Waals surface area contributed by atoms with Crippen LogP contribution in [0.1, 0.15) is 44.9 Å². The molecule has 1 N–H and O–H groups in total. The highest BCUT2D eigenvalue weighted by atomic mass is 16.7. The van der Waals surface area contributed by atoms with Gasteiger partial charge in [0.05, 0.1) is 0 Å². The van der Waals surface area contributed by atoms with Gasteiger partial charge in [-0.25, -0.2) is 0 Å². The first-order chi connectivity index (χ1) is 14.6. The number of Topliss-reactive ketones (excluding diaryl/α,β-unsaturated/α-hetero) is 1. The normalized spacial score (nSPS) is 16.5. The van der Waals surface area contributed by atoms with Gasteiger partial charge in [0.2, 0.25) is 6.79 Å². The van der Waals surface area contributed by atoms with Gasteiger partial charge in [0.15, 0.2) is 17.3 Å². The summed E-state index contributed by atoms with van der Waals surface area (Å²) in [5, 5.41) is 3.45. The molecular weight excluding hydrogens is 380 g/mol. The van der Waals surface area contributed by atoms with E-state index in [-0.39, 0.29) is 24.6 Å². The Labute approximate surface area is 174 Å². The third-order valence-corrected chi connectivity index (χ3v) is 5.44. The Hall–Kier alpha value is -3.80. The molecule has 3 aromatic rings. The van der Waals surface area contributed by atoms with E-state index in [1.54, 1.807) is 24.0 Å². The number of ketones is 1. The summed E-state index contributed by atoms with van der Waals surface area (Å²) in [5.74, 6) is 1.41. The molecular formula is C24H20N2O4. The number of hydrogen-bond donors (Lipinski definition) is 1. The molecule has 2 aliphatic heterocycles. The van der Waals surface area contributed by atoms with Crippen molar-refractivity contribution in [1.82, 2.24) is 4.90 Å². The van der Waals surface area contributed by atoms with Crippen molar-refractivity contribution in [3.05, 3.63) is 89.0 Å². The standard InChI is InChI=1S/C24H20N2O4/c1-15(27)17-7-9-18(10-8-17)25-23-19-4-2-3-5-20(19)24(28)26(23)13-16-6-11-21-22(12-16)30-14-29-21/h2-12,23,25H,13-14H2,1H3. The molecule has 0 fully saturated rings. The molecule has 0 spiro atoms. The van der Waals surface area contributed by atoms with Crippen LogP contribution in [0.5, 0.6) is 11.5 Å². The molecule has 1 unspecified atom stereocenters. The lowest BCUT2D eigenvalue weighted by Gasteiger charge is -2.27. The molecule has 5 rings (SSSR count). The van der Waals surface area contributed by atoms with Crippen molar-refractivity contribution in [2.24, 2.45) is 0 Å². The molecule has 2 aliphatic rings. The van der Waals surface area contributed by atoms with E-state index in [9.17, 15) is 9.59 Å². The van der Waals surface area contributed by atoms with Gasteiger partial charge in [-0.1, -0.05) is 24.3 Å². The van der Waals surface area contributed by atoms with Gasteiger partial charge in [0, 0.05) is 28.9 Å². The molecule has 0 aliphatic carbocycles. The number of nitrogens with zero attached hydrogens (tertiary/aromatic N) is 1. The number of ether oxygens (including phenoxy) is 2. The Balaban J connectivity index is 1.45. The Morgan fingerprint density at radius 1 is 1.03 bits per heavy atom. The van der Waals surface area contributed by atoms with E-state index in [1.165, 1.54) is 0 Å².